The predicted molar refractivity (Wildman–Crippen MR) is 67.1 cm³/mol. The van der Waals surface area contributed by atoms with Gasteiger partial charge in [-0.25, -0.2) is 0 Å². The number of carboxylic acids is 1. The molecule has 3 heteroatoms. The summed E-state index contributed by atoms with van der Waals surface area (Å²) in [4.78, 5) is 11.6. The van der Waals surface area contributed by atoms with E-state index in [4.69, 9.17) is 0 Å². The first-order chi connectivity index (χ1) is 7.82. The summed E-state index contributed by atoms with van der Waals surface area (Å²) in [7, 11) is 0. The SMILES string of the molecule is CC(C)(C)NC1(C(=O)O)Cc2ccccc2C1. The van der Waals surface area contributed by atoms with Gasteiger partial charge in [-0.1, -0.05) is 24.3 Å². The van der Waals surface area contributed by atoms with Gasteiger partial charge in [-0.2, -0.15) is 0 Å². The molecule has 0 amide bonds. The Hall–Kier alpha value is -1.35. The topological polar surface area (TPSA) is 49.3 Å². The quantitative estimate of drug-likeness (QED) is 0.821. The zero-order valence-electron chi connectivity index (χ0n) is 10.6. The fraction of sp³-hybridized carbons (Fsp3) is 0.500. The van der Waals surface area contributed by atoms with Crippen LogP contribution >= 0.6 is 0 Å². The summed E-state index contributed by atoms with van der Waals surface area (Å²) in [6.07, 6.45) is 1.13. The van der Waals surface area contributed by atoms with Gasteiger partial charge in [0.2, 0.25) is 0 Å². The molecule has 0 unspecified atom stereocenters. The van der Waals surface area contributed by atoms with Gasteiger partial charge in [0.05, 0.1) is 0 Å². The summed E-state index contributed by atoms with van der Waals surface area (Å²) in [6, 6.07) is 7.97. The molecule has 1 aromatic rings. The molecule has 1 aliphatic carbocycles. The molecule has 2 N–H and O–H groups in total. The van der Waals surface area contributed by atoms with E-state index in [1.165, 1.54) is 0 Å². The van der Waals surface area contributed by atoms with Crippen molar-refractivity contribution in [1.29, 1.82) is 0 Å². The van der Waals surface area contributed by atoms with Gasteiger partial charge in [-0.15, -0.1) is 0 Å². The highest BCUT2D eigenvalue weighted by Crippen LogP contribution is 2.31. The second kappa shape index (κ2) is 3.84. The molecule has 3 nitrogen and oxygen atoms in total. The zero-order chi connectivity index (χ0) is 12.7. The number of fused-ring (bicyclic) bond motifs is 1. The van der Waals surface area contributed by atoms with Crippen molar-refractivity contribution in [3.8, 4) is 0 Å². The third-order valence-corrected chi connectivity index (χ3v) is 3.13. The van der Waals surface area contributed by atoms with Crippen molar-refractivity contribution in [2.24, 2.45) is 0 Å². The van der Waals surface area contributed by atoms with Crippen LogP contribution in [0.25, 0.3) is 0 Å². The van der Waals surface area contributed by atoms with Gasteiger partial charge in [0, 0.05) is 18.4 Å². The van der Waals surface area contributed by atoms with E-state index in [-0.39, 0.29) is 5.54 Å². The summed E-state index contributed by atoms with van der Waals surface area (Å²) >= 11 is 0. The zero-order valence-corrected chi connectivity index (χ0v) is 10.6. The summed E-state index contributed by atoms with van der Waals surface area (Å²) in [5.74, 6) is -0.761. The molecule has 1 aromatic carbocycles. The second-order valence-corrected chi connectivity index (χ2v) is 5.88. The Morgan fingerprint density at radius 3 is 2.06 bits per heavy atom. The van der Waals surface area contributed by atoms with Crippen molar-refractivity contribution in [2.45, 2.75) is 44.7 Å². The van der Waals surface area contributed by atoms with Crippen molar-refractivity contribution >= 4 is 5.97 Å². The van der Waals surface area contributed by atoms with Crippen molar-refractivity contribution < 1.29 is 9.90 Å². The first kappa shape index (κ1) is 12.1. The number of benzene rings is 1. The smallest absolute Gasteiger partial charge is 0.324 e. The number of rotatable bonds is 2. The van der Waals surface area contributed by atoms with Gasteiger partial charge in [0.1, 0.15) is 5.54 Å². The van der Waals surface area contributed by atoms with Crippen LogP contribution in [0.5, 0.6) is 0 Å². The van der Waals surface area contributed by atoms with E-state index in [1.807, 2.05) is 45.0 Å². The molecular formula is C14H19NO2. The molecule has 17 heavy (non-hydrogen) atoms. The molecular weight excluding hydrogens is 214 g/mol. The summed E-state index contributed by atoms with van der Waals surface area (Å²) < 4.78 is 0. The van der Waals surface area contributed by atoms with Crippen molar-refractivity contribution in [2.75, 3.05) is 0 Å². The fourth-order valence-electron chi connectivity index (χ4n) is 2.63. The molecule has 0 aromatic heterocycles. The van der Waals surface area contributed by atoms with Crippen molar-refractivity contribution in [3.05, 3.63) is 35.4 Å². The second-order valence-electron chi connectivity index (χ2n) is 5.88. The first-order valence-corrected chi connectivity index (χ1v) is 5.92. The molecule has 0 fully saturated rings. The van der Waals surface area contributed by atoms with Crippen LogP contribution in [0.4, 0.5) is 0 Å². The van der Waals surface area contributed by atoms with Crippen LogP contribution in [-0.2, 0) is 17.6 Å². The molecule has 0 radical (unpaired) electrons. The highest BCUT2D eigenvalue weighted by Gasteiger charge is 2.45. The van der Waals surface area contributed by atoms with Crippen LogP contribution in [0.1, 0.15) is 31.9 Å². The van der Waals surface area contributed by atoms with Crippen LogP contribution in [0, 0.1) is 0 Å². The van der Waals surface area contributed by atoms with Gasteiger partial charge < -0.3 is 5.11 Å². The molecule has 1 aliphatic rings. The number of carbonyl (C=O) groups is 1. The van der Waals surface area contributed by atoms with Crippen LogP contribution in [0.3, 0.4) is 0 Å². The number of hydrogen-bond acceptors (Lipinski definition) is 2. The average molecular weight is 233 g/mol. The lowest BCUT2D eigenvalue weighted by atomic mass is 9.91. The lowest BCUT2D eigenvalue weighted by Crippen LogP contribution is -2.59. The molecule has 0 aliphatic heterocycles. The maximum absolute atomic E-state index is 11.6. The Bertz CT molecular complexity index is 421. The first-order valence-electron chi connectivity index (χ1n) is 5.92. The Labute approximate surface area is 102 Å². The summed E-state index contributed by atoms with van der Waals surface area (Å²) in [5, 5.41) is 12.8. The van der Waals surface area contributed by atoms with E-state index >= 15 is 0 Å². The van der Waals surface area contributed by atoms with Crippen LogP contribution < -0.4 is 5.32 Å². The minimum absolute atomic E-state index is 0.208. The normalized spacial score (nSPS) is 17.8. The standard InChI is InChI=1S/C14H19NO2/c1-13(2,3)15-14(12(16)17)8-10-6-4-5-7-11(10)9-14/h4-7,15H,8-9H2,1-3H3,(H,16,17). The minimum Gasteiger partial charge on any atom is -0.480 e. The Kier molecular flexibility index (Phi) is 2.74. The Morgan fingerprint density at radius 1 is 1.24 bits per heavy atom. The van der Waals surface area contributed by atoms with E-state index in [1.54, 1.807) is 0 Å². The highest BCUT2D eigenvalue weighted by molar-refractivity contribution is 5.81. The van der Waals surface area contributed by atoms with Gasteiger partial charge in [0.15, 0.2) is 0 Å². The number of carboxylic acid groups (broad SMARTS) is 1. The van der Waals surface area contributed by atoms with Crippen LogP contribution in [0.2, 0.25) is 0 Å². The lowest BCUT2D eigenvalue weighted by molar-refractivity contribution is -0.145. The molecule has 0 heterocycles. The third-order valence-electron chi connectivity index (χ3n) is 3.13. The van der Waals surface area contributed by atoms with E-state index < -0.39 is 11.5 Å². The number of hydrogen-bond donors (Lipinski definition) is 2. The molecule has 0 spiro atoms. The van der Waals surface area contributed by atoms with E-state index in [0.29, 0.717) is 12.8 Å². The van der Waals surface area contributed by atoms with Crippen LogP contribution in [0.15, 0.2) is 24.3 Å². The minimum atomic E-state index is -0.845. The van der Waals surface area contributed by atoms with Gasteiger partial charge in [-0.3, -0.25) is 10.1 Å². The van der Waals surface area contributed by atoms with Gasteiger partial charge in [0.25, 0.3) is 0 Å². The lowest BCUT2D eigenvalue weighted by Gasteiger charge is -2.34. The highest BCUT2D eigenvalue weighted by atomic mass is 16.4. The predicted octanol–water partition coefficient (Wildman–Crippen LogP) is 2.00. The largest absolute Gasteiger partial charge is 0.480 e. The molecule has 2 rings (SSSR count). The fourth-order valence-corrected chi connectivity index (χ4v) is 2.63. The van der Waals surface area contributed by atoms with E-state index in [0.717, 1.165) is 11.1 Å². The molecule has 0 bridgehead atoms. The summed E-state index contributed by atoms with van der Waals surface area (Å²) in [6.45, 7) is 6.00. The monoisotopic (exact) mass is 233 g/mol. The van der Waals surface area contributed by atoms with Gasteiger partial charge >= 0.3 is 5.97 Å². The average Bonchev–Trinajstić information content (AvgIpc) is 2.53. The van der Waals surface area contributed by atoms with E-state index in [2.05, 4.69) is 5.32 Å². The van der Waals surface area contributed by atoms with Crippen molar-refractivity contribution in [1.82, 2.24) is 5.32 Å². The summed E-state index contributed by atoms with van der Waals surface area (Å²) in [5.41, 5.74) is 1.24. The molecule has 0 saturated heterocycles. The third kappa shape index (κ3) is 2.34. The van der Waals surface area contributed by atoms with Gasteiger partial charge in [-0.05, 0) is 31.9 Å². The number of nitrogens with one attached hydrogen (secondary N) is 1. The Morgan fingerprint density at radius 2 is 1.71 bits per heavy atom. The molecule has 0 atom stereocenters. The maximum atomic E-state index is 11.6. The van der Waals surface area contributed by atoms with E-state index in [9.17, 15) is 9.90 Å². The molecule has 92 valence electrons. The Balaban J connectivity index is 2.33. The maximum Gasteiger partial charge on any atom is 0.324 e. The molecule has 0 saturated carbocycles. The van der Waals surface area contributed by atoms with Crippen LogP contribution in [-0.4, -0.2) is 22.2 Å². The number of aliphatic carboxylic acids is 1. The van der Waals surface area contributed by atoms with Crippen molar-refractivity contribution in [3.63, 3.8) is 0 Å².